The third kappa shape index (κ3) is 5.01. The van der Waals surface area contributed by atoms with Crippen molar-refractivity contribution in [2.75, 3.05) is 5.75 Å². The van der Waals surface area contributed by atoms with Gasteiger partial charge in [0.2, 0.25) is 4.87 Å². The smallest absolute Gasteiger partial charge is 0.342 e. The first kappa shape index (κ1) is 15.7. The van der Waals surface area contributed by atoms with E-state index in [1.54, 1.807) is 0 Å². The Morgan fingerprint density at radius 2 is 1.88 bits per heavy atom. The van der Waals surface area contributed by atoms with E-state index in [0.717, 1.165) is 24.6 Å². The minimum atomic E-state index is -2.11. The van der Waals surface area contributed by atoms with Gasteiger partial charge in [-0.15, -0.1) is 11.8 Å². The van der Waals surface area contributed by atoms with Crippen LogP contribution < -0.4 is 5.73 Å². The van der Waals surface area contributed by atoms with Crippen molar-refractivity contribution in [3.05, 3.63) is 12.2 Å². The lowest BCUT2D eigenvalue weighted by Crippen LogP contribution is -2.51. The summed E-state index contributed by atoms with van der Waals surface area (Å²) in [5.41, 5.74) is 5.48. The number of carbonyl (C=O) groups excluding carboxylic acids is 1. The molecule has 1 unspecified atom stereocenters. The number of hydrogen-bond donors (Lipinski definition) is 3. The van der Waals surface area contributed by atoms with Crippen molar-refractivity contribution in [2.24, 2.45) is 5.73 Å². The van der Waals surface area contributed by atoms with Gasteiger partial charge in [0.1, 0.15) is 0 Å². The quantitative estimate of drug-likeness (QED) is 0.251. The van der Waals surface area contributed by atoms with E-state index in [4.69, 9.17) is 15.9 Å². The molecule has 0 saturated heterocycles. The van der Waals surface area contributed by atoms with Gasteiger partial charge in [-0.1, -0.05) is 13.3 Å². The van der Waals surface area contributed by atoms with Crippen LogP contribution in [0.4, 0.5) is 0 Å². The van der Waals surface area contributed by atoms with E-state index in [0.29, 0.717) is 17.9 Å². The van der Waals surface area contributed by atoms with Gasteiger partial charge in [0.25, 0.3) is 0 Å². The second-order valence-corrected chi connectivity index (χ2v) is 4.62. The number of carboxylic acids is 2. The Morgan fingerprint density at radius 1 is 1.29 bits per heavy atom. The van der Waals surface area contributed by atoms with E-state index in [1.165, 1.54) is 0 Å². The Balaban J connectivity index is 4.75. The SMILES string of the molecule is CCCCSC(N)(C(=O)O)C(=O)C=CC(=O)O. The molecule has 0 aliphatic heterocycles. The fraction of sp³-hybridized carbons (Fsp3) is 0.500. The normalized spacial score (nSPS) is 14.5. The van der Waals surface area contributed by atoms with Gasteiger partial charge in [0.05, 0.1) is 0 Å². The molecule has 0 bridgehead atoms. The van der Waals surface area contributed by atoms with Gasteiger partial charge in [0, 0.05) is 6.08 Å². The lowest BCUT2D eigenvalue weighted by atomic mass is 10.2. The highest BCUT2D eigenvalue weighted by Gasteiger charge is 2.41. The summed E-state index contributed by atoms with van der Waals surface area (Å²) in [6, 6.07) is 0. The van der Waals surface area contributed by atoms with Crippen molar-refractivity contribution < 1.29 is 24.6 Å². The van der Waals surface area contributed by atoms with Crippen molar-refractivity contribution in [1.82, 2.24) is 0 Å². The molecule has 96 valence electrons. The summed E-state index contributed by atoms with van der Waals surface area (Å²) in [6.45, 7) is 1.92. The molecule has 7 heteroatoms. The van der Waals surface area contributed by atoms with Gasteiger partial charge >= 0.3 is 11.9 Å². The van der Waals surface area contributed by atoms with E-state index in [1.807, 2.05) is 6.92 Å². The number of thioether (sulfide) groups is 1. The highest BCUT2D eigenvalue weighted by atomic mass is 32.2. The Morgan fingerprint density at radius 3 is 2.29 bits per heavy atom. The Hall–Kier alpha value is -1.34. The molecule has 0 spiro atoms. The van der Waals surface area contributed by atoms with Crippen LogP contribution in [-0.4, -0.2) is 38.6 Å². The Bertz CT molecular complexity index is 342. The van der Waals surface area contributed by atoms with Gasteiger partial charge in [-0.2, -0.15) is 0 Å². The maximum Gasteiger partial charge on any atom is 0.342 e. The van der Waals surface area contributed by atoms with E-state index >= 15 is 0 Å². The van der Waals surface area contributed by atoms with Gasteiger partial charge in [-0.3, -0.25) is 4.79 Å². The number of nitrogens with two attached hydrogens (primary N) is 1. The second kappa shape index (κ2) is 7.08. The zero-order valence-corrected chi connectivity index (χ0v) is 10.2. The first-order valence-electron chi connectivity index (χ1n) is 4.96. The topological polar surface area (TPSA) is 118 Å². The van der Waals surface area contributed by atoms with Gasteiger partial charge < -0.3 is 15.9 Å². The van der Waals surface area contributed by atoms with Crippen LogP contribution in [0.5, 0.6) is 0 Å². The largest absolute Gasteiger partial charge is 0.479 e. The van der Waals surface area contributed by atoms with E-state index in [9.17, 15) is 14.4 Å². The fourth-order valence-electron chi connectivity index (χ4n) is 0.887. The van der Waals surface area contributed by atoms with Gasteiger partial charge in [-0.05, 0) is 18.2 Å². The van der Waals surface area contributed by atoms with Crippen molar-refractivity contribution in [1.29, 1.82) is 0 Å². The monoisotopic (exact) mass is 261 g/mol. The maximum atomic E-state index is 11.5. The highest BCUT2D eigenvalue weighted by Crippen LogP contribution is 2.23. The predicted octanol–water partition coefficient (Wildman–Crippen LogP) is 0.469. The maximum absolute atomic E-state index is 11.5. The minimum Gasteiger partial charge on any atom is -0.479 e. The lowest BCUT2D eigenvalue weighted by Gasteiger charge is -2.20. The zero-order chi connectivity index (χ0) is 13.5. The van der Waals surface area contributed by atoms with Crippen LogP contribution in [-0.2, 0) is 14.4 Å². The van der Waals surface area contributed by atoms with Crippen LogP contribution in [0.1, 0.15) is 19.8 Å². The third-order valence-corrected chi connectivity index (χ3v) is 3.21. The standard InChI is InChI=1S/C10H15NO5S/c1-2-3-6-17-10(11,9(15)16)7(12)4-5-8(13)14/h4-5H,2-3,6,11H2,1H3,(H,13,14)(H,15,16). The first-order valence-corrected chi connectivity index (χ1v) is 5.94. The second-order valence-electron chi connectivity index (χ2n) is 3.28. The molecule has 17 heavy (non-hydrogen) atoms. The van der Waals surface area contributed by atoms with Crippen LogP contribution >= 0.6 is 11.8 Å². The summed E-state index contributed by atoms with van der Waals surface area (Å²) >= 11 is 0.801. The lowest BCUT2D eigenvalue weighted by molar-refractivity contribution is -0.143. The number of carboxylic acid groups (broad SMARTS) is 2. The van der Waals surface area contributed by atoms with E-state index < -0.39 is 22.6 Å². The molecule has 0 aliphatic rings. The Kier molecular flexibility index (Phi) is 6.52. The molecule has 0 fully saturated rings. The Labute approximate surface area is 103 Å². The van der Waals surface area contributed by atoms with Crippen LogP contribution in [0, 0.1) is 0 Å². The molecular weight excluding hydrogens is 246 g/mol. The molecule has 0 aromatic rings. The average molecular weight is 261 g/mol. The zero-order valence-electron chi connectivity index (χ0n) is 9.38. The summed E-state index contributed by atoms with van der Waals surface area (Å²) in [4.78, 5) is 30.6. The van der Waals surface area contributed by atoms with E-state index in [2.05, 4.69) is 0 Å². The number of hydrogen-bond acceptors (Lipinski definition) is 5. The number of aliphatic carboxylic acids is 2. The minimum absolute atomic E-state index is 0.423. The van der Waals surface area contributed by atoms with Gasteiger partial charge in [0.15, 0.2) is 5.78 Å². The molecule has 0 aromatic carbocycles. The van der Waals surface area contributed by atoms with Crippen molar-refractivity contribution >= 4 is 29.5 Å². The van der Waals surface area contributed by atoms with Crippen LogP contribution in [0.2, 0.25) is 0 Å². The number of unbranched alkanes of at least 4 members (excludes halogenated alkanes) is 1. The van der Waals surface area contributed by atoms with Crippen molar-refractivity contribution in [3.8, 4) is 0 Å². The van der Waals surface area contributed by atoms with Crippen molar-refractivity contribution in [2.45, 2.75) is 24.6 Å². The van der Waals surface area contributed by atoms with Crippen LogP contribution in [0.25, 0.3) is 0 Å². The van der Waals surface area contributed by atoms with Crippen LogP contribution in [0.15, 0.2) is 12.2 Å². The molecule has 0 rings (SSSR count). The van der Waals surface area contributed by atoms with Gasteiger partial charge in [-0.25, -0.2) is 9.59 Å². The molecule has 0 saturated carbocycles. The molecule has 0 radical (unpaired) electrons. The molecule has 4 N–H and O–H groups in total. The van der Waals surface area contributed by atoms with E-state index in [-0.39, 0.29) is 0 Å². The van der Waals surface area contributed by atoms with Crippen LogP contribution in [0.3, 0.4) is 0 Å². The first-order chi connectivity index (χ1) is 7.84. The predicted molar refractivity (Wildman–Crippen MR) is 63.7 cm³/mol. The number of carbonyl (C=O) groups is 3. The summed E-state index contributed by atoms with van der Waals surface area (Å²) < 4.78 is 0. The molecule has 0 amide bonds. The van der Waals surface area contributed by atoms with Crippen molar-refractivity contribution in [3.63, 3.8) is 0 Å². The summed E-state index contributed by atoms with van der Waals surface area (Å²) in [6.07, 6.45) is 2.83. The summed E-state index contributed by atoms with van der Waals surface area (Å²) in [5.74, 6) is -3.32. The highest BCUT2D eigenvalue weighted by molar-refractivity contribution is 8.02. The average Bonchev–Trinajstić information content (AvgIpc) is 2.25. The molecule has 1 atom stereocenters. The molecule has 0 heterocycles. The number of ketones is 1. The molecule has 0 aliphatic carbocycles. The molecular formula is C10H15NO5S. The summed E-state index contributed by atoms with van der Waals surface area (Å²) in [5, 5.41) is 17.3. The third-order valence-electron chi connectivity index (χ3n) is 1.89. The fourth-order valence-corrected chi connectivity index (χ4v) is 1.98. The molecule has 6 nitrogen and oxygen atoms in total. The summed E-state index contributed by atoms with van der Waals surface area (Å²) in [7, 11) is 0. The molecule has 0 aromatic heterocycles. The number of rotatable bonds is 8.